The lowest BCUT2D eigenvalue weighted by atomic mass is 10.1. The van der Waals surface area contributed by atoms with E-state index in [1.165, 1.54) is 5.56 Å². The average molecular weight is 314 g/mol. The van der Waals surface area contributed by atoms with Crippen molar-refractivity contribution in [2.45, 2.75) is 20.4 Å². The molecule has 2 aromatic heterocycles. The number of fused-ring (bicyclic) bond motifs is 1. The first-order valence-corrected chi connectivity index (χ1v) is 7.39. The van der Waals surface area contributed by atoms with Gasteiger partial charge in [-0.05, 0) is 49.2 Å². The third-order valence-electron chi connectivity index (χ3n) is 3.67. The van der Waals surface area contributed by atoms with Crippen molar-refractivity contribution in [3.63, 3.8) is 0 Å². The standard InChI is InChI=1S/C17H16ClN3O/c1-11-3-4-13(7-12(11)2)17(22)19-9-15-10-21-6-5-14(18)8-16(21)20-15/h3-8,10H,9H2,1-2H3,(H,19,22). The number of halogens is 1. The van der Waals surface area contributed by atoms with Gasteiger partial charge >= 0.3 is 0 Å². The molecule has 0 fully saturated rings. The molecule has 0 aliphatic heterocycles. The van der Waals surface area contributed by atoms with Gasteiger partial charge in [-0.15, -0.1) is 0 Å². The molecule has 0 radical (unpaired) electrons. The molecule has 0 unspecified atom stereocenters. The maximum absolute atomic E-state index is 12.2. The van der Waals surface area contributed by atoms with Crippen molar-refractivity contribution in [2.24, 2.45) is 0 Å². The minimum Gasteiger partial charge on any atom is -0.346 e. The number of hydrogen-bond acceptors (Lipinski definition) is 2. The number of nitrogens with one attached hydrogen (secondary N) is 1. The van der Waals surface area contributed by atoms with Crippen LogP contribution in [0.2, 0.25) is 5.02 Å². The number of carbonyl (C=O) groups excluding carboxylic acids is 1. The van der Waals surface area contributed by atoms with Crippen LogP contribution in [0.4, 0.5) is 0 Å². The zero-order valence-electron chi connectivity index (χ0n) is 12.4. The molecule has 0 atom stereocenters. The Labute approximate surface area is 133 Å². The Bertz CT molecular complexity index is 854. The lowest BCUT2D eigenvalue weighted by Crippen LogP contribution is -2.23. The number of carbonyl (C=O) groups is 1. The van der Waals surface area contributed by atoms with Crippen LogP contribution in [0.15, 0.2) is 42.7 Å². The van der Waals surface area contributed by atoms with E-state index in [4.69, 9.17) is 11.6 Å². The fourth-order valence-electron chi connectivity index (χ4n) is 2.25. The molecule has 5 heteroatoms. The monoisotopic (exact) mass is 313 g/mol. The quantitative estimate of drug-likeness (QED) is 0.804. The van der Waals surface area contributed by atoms with Gasteiger partial charge < -0.3 is 9.72 Å². The minimum absolute atomic E-state index is 0.0989. The molecule has 0 aliphatic rings. The second-order valence-corrected chi connectivity index (χ2v) is 5.76. The highest BCUT2D eigenvalue weighted by molar-refractivity contribution is 6.30. The van der Waals surface area contributed by atoms with E-state index in [1.54, 1.807) is 12.1 Å². The summed E-state index contributed by atoms with van der Waals surface area (Å²) in [6, 6.07) is 9.27. The van der Waals surface area contributed by atoms with Crippen molar-refractivity contribution in [2.75, 3.05) is 0 Å². The van der Waals surface area contributed by atoms with Gasteiger partial charge in [-0.1, -0.05) is 17.7 Å². The highest BCUT2D eigenvalue weighted by Gasteiger charge is 2.08. The molecule has 1 amide bonds. The largest absolute Gasteiger partial charge is 0.346 e. The van der Waals surface area contributed by atoms with Crippen molar-refractivity contribution >= 4 is 23.2 Å². The maximum Gasteiger partial charge on any atom is 0.251 e. The van der Waals surface area contributed by atoms with Gasteiger partial charge in [0.25, 0.3) is 5.91 Å². The third kappa shape index (κ3) is 2.97. The summed E-state index contributed by atoms with van der Waals surface area (Å²) in [5.41, 5.74) is 4.50. The molecule has 2 heterocycles. The van der Waals surface area contributed by atoms with Crippen molar-refractivity contribution in [1.82, 2.24) is 14.7 Å². The van der Waals surface area contributed by atoms with Gasteiger partial charge in [-0.3, -0.25) is 4.79 Å². The predicted molar refractivity (Wildman–Crippen MR) is 87.3 cm³/mol. The molecule has 0 aliphatic carbocycles. The van der Waals surface area contributed by atoms with Crippen LogP contribution in [0, 0.1) is 13.8 Å². The van der Waals surface area contributed by atoms with E-state index >= 15 is 0 Å². The van der Waals surface area contributed by atoms with Gasteiger partial charge in [-0.25, -0.2) is 4.98 Å². The van der Waals surface area contributed by atoms with Gasteiger partial charge in [0, 0.05) is 23.0 Å². The van der Waals surface area contributed by atoms with Crippen LogP contribution in [0.25, 0.3) is 5.65 Å². The Morgan fingerprint density at radius 3 is 2.82 bits per heavy atom. The van der Waals surface area contributed by atoms with Crippen LogP contribution in [0.3, 0.4) is 0 Å². The number of imidazole rings is 1. The molecule has 3 rings (SSSR count). The molecule has 112 valence electrons. The molecule has 0 saturated heterocycles. The van der Waals surface area contributed by atoms with E-state index in [1.807, 2.05) is 48.8 Å². The van der Waals surface area contributed by atoms with Gasteiger partial charge in [0.15, 0.2) is 0 Å². The number of amides is 1. The normalized spacial score (nSPS) is 10.9. The summed E-state index contributed by atoms with van der Waals surface area (Å²) in [7, 11) is 0. The third-order valence-corrected chi connectivity index (χ3v) is 3.91. The van der Waals surface area contributed by atoms with E-state index in [0.29, 0.717) is 17.1 Å². The summed E-state index contributed by atoms with van der Waals surface area (Å²) in [5, 5.41) is 3.53. The van der Waals surface area contributed by atoms with Gasteiger partial charge in [0.1, 0.15) is 5.65 Å². The molecule has 22 heavy (non-hydrogen) atoms. The van der Waals surface area contributed by atoms with Crippen LogP contribution < -0.4 is 5.32 Å². The first-order chi connectivity index (χ1) is 10.5. The molecule has 0 spiro atoms. The zero-order chi connectivity index (χ0) is 15.7. The maximum atomic E-state index is 12.2. The number of rotatable bonds is 3. The van der Waals surface area contributed by atoms with Gasteiger partial charge in [-0.2, -0.15) is 0 Å². The van der Waals surface area contributed by atoms with Gasteiger partial charge in [0.2, 0.25) is 0 Å². The van der Waals surface area contributed by atoms with Crippen LogP contribution >= 0.6 is 11.6 Å². The molecular formula is C17H16ClN3O. The predicted octanol–water partition coefficient (Wildman–Crippen LogP) is 3.53. The Hall–Kier alpha value is -2.33. The van der Waals surface area contributed by atoms with E-state index in [-0.39, 0.29) is 5.91 Å². The Morgan fingerprint density at radius 2 is 2.05 bits per heavy atom. The lowest BCUT2D eigenvalue weighted by molar-refractivity contribution is 0.0950. The summed E-state index contributed by atoms with van der Waals surface area (Å²) in [6.45, 7) is 4.40. The molecule has 4 nitrogen and oxygen atoms in total. The van der Waals surface area contributed by atoms with Crippen LogP contribution in [0.5, 0.6) is 0 Å². The SMILES string of the molecule is Cc1ccc(C(=O)NCc2cn3ccc(Cl)cc3n2)cc1C. The summed E-state index contributed by atoms with van der Waals surface area (Å²) in [5.74, 6) is -0.0989. The molecular weight excluding hydrogens is 298 g/mol. The van der Waals surface area contributed by atoms with E-state index in [0.717, 1.165) is 16.9 Å². The van der Waals surface area contributed by atoms with Crippen molar-refractivity contribution in [3.8, 4) is 0 Å². The smallest absolute Gasteiger partial charge is 0.251 e. The van der Waals surface area contributed by atoms with Crippen molar-refractivity contribution in [3.05, 3.63) is 70.1 Å². The van der Waals surface area contributed by atoms with Crippen LogP contribution in [-0.4, -0.2) is 15.3 Å². The van der Waals surface area contributed by atoms with Crippen LogP contribution in [0.1, 0.15) is 27.2 Å². The van der Waals surface area contributed by atoms with Crippen LogP contribution in [-0.2, 0) is 6.54 Å². The average Bonchev–Trinajstić information content (AvgIpc) is 2.89. The summed E-state index contributed by atoms with van der Waals surface area (Å²) in [4.78, 5) is 16.6. The zero-order valence-corrected chi connectivity index (χ0v) is 13.2. The van der Waals surface area contributed by atoms with E-state index < -0.39 is 0 Å². The Morgan fingerprint density at radius 1 is 1.23 bits per heavy atom. The fourth-order valence-corrected chi connectivity index (χ4v) is 2.40. The van der Waals surface area contributed by atoms with Crippen molar-refractivity contribution < 1.29 is 4.79 Å². The molecule has 1 N–H and O–H groups in total. The molecule has 3 aromatic rings. The first kappa shape index (κ1) is 14.6. The van der Waals surface area contributed by atoms with E-state index in [2.05, 4.69) is 10.3 Å². The second kappa shape index (κ2) is 5.81. The van der Waals surface area contributed by atoms with E-state index in [9.17, 15) is 4.79 Å². The number of benzene rings is 1. The molecule has 1 aromatic carbocycles. The summed E-state index contributed by atoms with van der Waals surface area (Å²) < 4.78 is 1.88. The van der Waals surface area contributed by atoms with Gasteiger partial charge in [0.05, 0.1) is 12.2 Å². The Kier molecular flexibility index (Phi) is 3.86. The fraction of sp³-hybridized carbons (Fsp3) is 0.176. The molecule has 0 bridgehead atoms. The number of aromatic nitrogens is 2. The van der Waals surface area contributed by atoms with Crippen molar-refractivity contribution in [1.29, 1.82) is 0 Å². The number of pyridine rings is 1. The minimum atomic E-state index is -0.0989. The summed E-state index contributed by atoms with van der Waals surface area (Å²) in [6.07, 6.45) is 3.73. The number of nitrogens with zero attached hydrogens (tertiary/aromatic N) is 2. The highest BCUT2D eigenvalue weighted by Crippen LogP contribution is 2.13. The highest BCUT2D eigenvalue weighted by atomic mass is 35.5. The second-order valence-electron chi connectivity index (χ2n) is 5.32. The first-order valence-electron chi connectivity index (χ1n) is 7.01. The summed E-state index contributed by atoms with van der Waals surface area (Å²) >= 11 is 5.94. The lowest BCUT2D eigenvalue weighted by Gasteiger charge is -2.06. The topological polar surface area (TPSA) is 46.4 Å². The number of aryl methyl sites for hydroxylation is 2. The number of hydrogen-bond donors (Lipinski definition) is 1. The Balaban J connectivity index is 1.72. The molecule has 0 saturated carbocycles.